The van der Waals surface area contributed by atoms with Crippen molar-refractivity contribution < 1.29 is 143 Å². The van der Waals surface area contributed by atoms with Crippen molar-refractivity contribution in [3.05, 3.63) is 55.6 Å². The Morgan fingerprint density at radius 3 is 0.392 bits per heavy atom. The first-order valence-electron chi connectivity index (χ1n) is 19.2. The lowest BCUT2D eigenvalue weighted by atomic mass is 9.90. The fourth-order valence-electron chi connectivity index (χ4n) is 5.52. The molecule has 0 unspecified atom stereocenters. The van der Waals surface area contributed by atoms with E-state index in [0.717, 1.165) is 0 Å². The third-order valence-corrected chi connectivity index (χ3v) is 10.0. The van der Waals surface area contributed by atoms with Gasteiger partial charge in [-0.3, -0.25) is 47.9 Å². The molecule has 0 saturated carbocycles. The van der Waals surface area contributed by atoms with E-state index in [2.05, 4.69) is 47.4 Å². The molecule has 0 N–H and O–H groups in total. The van der Waals surface area contributed by atoms with Crippen molar-refractivity contribution in [1.82, 2.24) is 0 Å². The Morgan fingerprint density at radius 2 is 0.284 bits per heavy atom. The van der Waals surface area contributed by atoms with Gasteiger partial charge in [-0.15, -0.1) is 0 Å². The molecule has 0 radical (unpaired) electrons. The molecule has 0 aromatic heterocycles. The van der Waals surface area contributed by atoms with Crippen LogP contribution in [0.3, 0.4) is 0 Å². The standard InChI is InChI=1S/C42H30O30S2/c1-11(43)63-33(53)21-23(35(55)65-13(3)45)27(39(59)69-17(7)49)31(28(40(60)70-18(8)50)24(21)36(56)66-14(4)46)73-74-32-29(41(61)71-19(9)51)25(37(57)67-15(5)47)22(34(54)64-12(2)44)26(38(58)68-16(6)48)30(32)42(62)72-20(10)52/h1-10H3. The molecule has 0 saturated heterocycles. The van der Waals surface area contributed by atoms with E-state index in [1.165, 1.54) is 0 Å². The van der Waals surface area contributed by atoms with Gasteiger partial charge in [0, 0.05) is 79.0 Å². The lowest BCUT2D eigenvalue weighted by Crippen LogP contribution is -2.30. The molecule has 0 amide bonds. The largest absolute Gasteiger partial charge is 0.390 e. The van der Waals surface area contributed by atoms with Gasteiger partial charge in [-0.05, 0) is 0 Å². The quantitative estimate of drug-likeness (QED) is 0.119. The molecule has 0 aliphatic carbocycles. The molecule has 30 nitrogen and oxygen atoms in total. The summed E-state index contributed by atoms with van der Waals surface area (Å²) < 4.78 is 45.5. The van der Waals surface area contributed by atoms with Crippen LogP contribution in [0.5, 0.6) is 0 Å². The third kappa shape index (κ3) is 15.5. The summed E-state index contributed by atoms with van der Waals surface area (Å²) in [5.74, 6) is -39.2. The van der Waals surface area contributed by atoms with Crippen molar-refractivity contribution in [1.29, 1.82) is 0 Å². The number of hydrogen-bond acceptors (Lipinski definition) is 32. The summed E-state index contributed by atoms with van der Waals surface area (Å²) in [6.07, 6.45) is 0. The van der Waals surface area contributed by atoms with E-state index < -0.39 is 206 Å². The van der Waals surface area contributed by atoms with Crippen molar-refractivity contribution in [2.45, 2.75) is 79.0 Å². The minimum Gasteiger partial charge on any atom is -0.390 e. The van der Waals surface area contributed by atoms with Crippen LogP contribution in [0.15, 0.2) is 9.79 Å². The number of hydrogen-bond donors (Lipinski definition) is 0. The van der Waals surface area contributed by atoms with Crippen LogP contribution in [0.1, 0.15) is 173 Å². The number of esters is 20. The van der Waals surface area contributed by atoms with E-state index in [1.54, 1.807) is 0 Å². The second-order valence-electron chi connectivity index (χ2n) is 13.4. The topological polar surface area (TPSA) is 434 Å². The smallest absolute Gasteiger partial charge is 0.347 e. The second kappa shape index (κ2) is 25.6. The highest BCUT2D eigenvalue weighted by Crippen LogP contribution is 2.49. The highest BCUT2D eigenvalue weighted by atomic mass is 33.1. The Balaban J connectivity index is 3.97. The van der Waals surface area contributed by atoms with E-state index in [0.29, 0.717) is 69.2 Å². The van der Waals surface area contributed by atoms with Crippen LogP contribution in [0.2, 0.25) is 0 Å². The van der Waals surface area contributed by atoms with Crippen molar-refractivity contribution in [2.24, 2.45) is 0 Å². The van der Waals surface area contributed by atoms with Crippen LogP contribution in [0, 0.1) is 0 Å². The number of ether oxygens (including phenoxy) is 10. The van der Waals surface area contributed by atoms with E-state index in [1.807, 2.05) is 0 Å². The summed E-state index contributed by atoms with van der Waals surface area (Å²) >= 11 is 0. The van der Waals surface area contributed by atoms with Crippen LogP contribution >= 0.6 is 21.6 Å². The fraction of sp³-hybridized carbons (Fsp3) is 0.238. The van der Waals surface area contributed by atoms with Crippen LogP contribution in [0.4, 0.5) is 0 Å². The highest BCUT2D eigenvalue weighted by Gasteiger charge is 2.46. The average Bonchev–Trinajstić information content (AvgIpc) is 3.21. The Hall–Kier alpha value is -9.46. The molecule has 0 spiro atoms. The van der Waals surface area contributed by atoms with Crippen molar-refractivity contribution in [3.63, 3.8) is 0 Å². The van der Waals surface area contributed by atoms with Gasteiger partial charge < -0.3 is 47.4 Å². The summed E-state index contributed by atoms with van der Waals surface area (Å²) in [6.45, 7) is 5.09. The summed E-state index contributed by atoms with van der Waals surface area (Å²) in [4.78, 5) is 260. The van der Waals surface area contributed by atoms with Gasteiger partial charge in [0.15, 0.2) is 0 Å². The maximum absolute atomic E-state index is 14.2. The number of carbonyl (C=O) groups is 20. The SMILES string of the molecule is CC(=O)OC(=O)c1c(SSc2c(C(=O)OC(C)=O)c(C(=O)OC(C)=O)c(C(=O)OC(C)=O)c(C(=O)OC(C)=O)c2C(=O)OC(C)=O)c(C(=O)OC(C)=O)c(C(=O)OC(C)=O)c(C(=O)OC(C)=O)c1C(=O)OC(C)=O. The summed E-state index contributed by atoms with van der Waals surface area (Å²) in [7, 11) is -1.08. The summed E-state index contributed by atoms with van der Waals surface area (Å²) in [5, 5.41) is 0. The first kappa shape index (κ1) is 60.7. The lowest BCUT2D eigenvalue weighted by molar-refractivity contribution is -0.137. The monoisotopic (exact) mass is 1080 g/mol. The Labute approximate surface area is 417 Å². The zero-order valence-corrected chi connectivity index (χ0v) is 40.7. The zero-order chi connectivity index (χ0) is 57.0. The van der Waals surface area contributed by atoms with Crippen molar-refractivity contribution >= 4 is 141 Å². The zero-order valence-electron chi connectivity index (χ0n) is 39.1. The summed E-state index contributed by atoms with van der Waals surface area (Å²) in [6, 6.07) is 0. The molecule has 32 heteroatoms. The number of benzene rings is 2. The van der Waals surface area contributed by atoms with Gasteiger partial charge >= 0.3 is 119 Å². The van der Waals surface area contributed by atoms with E-state index in [4.69, 9.17) is 0 Å². The van der Waals surface area contributed by atoms with Gasteiger partial charge in [0.05, 0.1) is 55.6 Å². The molecule has 2 aromatic carbocycles. The molecular formula is C42H30O30S2. The molecule has 2 rings (SSSR count). The molecule has 0 fully saturated rings. The predicted molar refractivity (Wildman–Crippen MR) is 226 cm³/mol. The molecule has 0 aliphatic heterocycles. The first-order chi connectivity index (χ1) is 34.1. The Morgan fingerprint density at radius 1 is 0.189 bits per heavy atom. The Bertz CT molecular complexity index is 2640. The normalized spacial score (nSPS) is 10.1. The van der Waals surface area contributed by atoms with Crippen LogP contribution in [0.25, 0.3) is 0 Å². The third-order valence-electron chi connectivity index (χ3n) is 7.52. The number of carbonyl (C=O) groups excluding carboxylic acids is 20. The van der Waals surface area contributed by atoms with Gasteiger partial charge in [0.2, 0.25) is 0 Å². The van der Waals surface area contributed by atoms with Gasteiger partial charge in [-0.1, -0.05) is 21.6 Å². The van der Waals surface area contributed by atoms with E-state index in [9.17, 15) is 95.9 Å². The Kier molecular flexibility index (Phi) is 21.0. The molecule has 0 aliphatic rings. The van der Waals surface area contributed by atoms with Gasteiger partial charge in [-0.2, -0.15) is 0 Å². The molecule has 0 heterocycles. The highest BCUT2D eigenvalue weighted by molar-refractivity contribution is 8.76. The van der Waals surface area contributed by atoms with E-state index in [-0.39, 0.29) is 0 Å². The first-order valence-corrected chi connectivity index (χ1v) is 21.4. The molecular weight excluding hydrogens is 1050 g/mol. The van der Waals surface area contributed by atoms with Gasteiger partial charge in [0.25, 0.3) is 0 Å². The van der Waals surface area contributed by atoms with Crippen molar-refractivity contribution in [2.75, 3.05) is 0 Å². The maximum atomic E-state index is 14.2. The number of rotatable bonds is 13. The summed E-state index contributed by atoms with van der Waals surface area (Å²) in [5.41, 5.74) is -18.4. The van der Waals surface area contributed by atoms with Crippen molar-refractivity contribution in [3.8, 4) is 0 Å². The van der Waals surface area contributed by atoms with E-state index >= 15 is 0 Å². The van der Waals surface area contributed by atoms with Gasteiger partial charge in [0.1, 0.15) is 0 Å². The molecule has 74 heavy (non-hydrogen) atoms. The predicted octanol–water partition coefficient (Wildman–Crippen LogP) is 1.52. The maximum Gasteiger partial charge on any atom is 0.347 e. The molecule has 2 aromatic rings. The van der Waals surface area contributed by atoms with Crippen LogP contribution in [-0.4, -0.2) is 119 Å². The minimum atomic E-state index is -2.29. The molecule has 0 bridgehead atoms. The molecule has 0 atom stereocenters. The molecule has 390 valence electrons. The lowest BCUT2D eigenvalue weighted by Gasteiger charge is -2.23. The van der Waals surface area contributed by atoms with Gasteiger partial charge in [-0.25, -0.2) is 47.9 Å². The average molecular weight is 1080 g/mol. The fourth-order valence-corrected chi connectivity index (χ4v) is 8.27. The van der Waals surface area contributed by atoms with Crippen LogP contribution < -0.4 is 0 Å². The minimum absolute atomic E-state index is 0.503. The van der Waals surface area contributed by atoms with Crippen LogP contribution in [-0.2, 0) is 95.3 Å². The second-order valence-corrected chi connectivity index (χ2v) is 15.5.